The van der Waals surface area contributed by atoms with E-state index in [1.807, 2.05) is 39.8 Å². The molecule has 5 nitrogen and oxygen atoms in total. The quantitative estimate of drug-likeness (QED) is 0.476. The van der Waals surface area contributed by atoms with Crippen LogP contribution in [0.4, 0.5) is 0 Å². The number of hydrogen-bond donors (Lipinski definition) is 1. The van der Waals surface area contributed by atoms with E-state index in [0.717, 1.165) is 16.7 Å². The van der Waals surface area contributed by atoms with Crippen molar-refractivity contribution in [1.82, 2.24) is 0 Å². The van der Waals surface area contributed by atoms with Crippen LogP contribution in [0.1, 0.15) is 70.1 Å². The van der Waals surface area contributed by atoms with Gasteiger partial charge in [0.25, 0.3) is 0 Å². The van der Waals surface area contributed by atoms with E-state index in [1.165, 1.54) is 20.3 Å². The molecule has 0 atom stereocenters. The molecule has 0 aromatic heterocycles. The van der Waals surface area contributed by atoms with E-state index < -0.39 is 12.8 Å². The average molecular weight is 382 g/mol. The standard InChI is InChI=1S/C20H31O5P/c1-13(2)16-11-15(12-17(14(3)4)19(16)22)9-10-18(21)20(5,6)26(23,24-7)25-8/h9-14,22H,1-8H3. The Kier molecular flexibility index (Phi) is 7.41. The van der Waals surface area contributed by atoms with E-state index >= 15 is 0 Å². The second-order valence-corrected chi connectivity index (χ2v) is 10.3. The first-order valence-corrected chi connectivity index (χ1v) is 10.3. The molecule has 0 amide bonds. The molecule has 1 aromatic carbocycles. The average Bonchev–Trinajstić information content (AvgIpc) is 2.58. The van der Waals surface area contributed by atoms with Crippen LogP contribution >= 0.6 is 7.60 Å². The molecule has 0 aliphatic heterocycles. The zero-order valence-electron chi connectivity index (χ0n) is 17.0. The number of carbonyl (C=O) groups excluding carboxylic acids is 1. The van der Waals surface area contributed by atoms with E-state index in [2.05, 4.69) is 0 Å². The van der Waals surface area contributed by atoms with Gasteiger partial charge in [-0.25, -0.2) is 0 Å². The maximum Gasteiger partial charge on any atom is 0.343 e. The van der Waals surface area contributed by atoms with Crippen LogP contribution in [0.3, 0.4) is 0 Å². The molecular formula is C20H31O5P. The number of aromatic hydroxyl groups is 1. The summed E-state index contributed by atoms with van der Waals surface area (Å²) in [7, 11) is -1.02. The van der Waals surface area contributed by atoms with E-state index in [-0.39, 0.29) is 17.6 Å². The van der Waals surface area contributed by atoms with Crippen molar-refractivity contribution in [2.45, 2.75) is 58.5 Å². The third-order valence-corrected chi connectivity index (χ3v) is 7.18. The summed E-state index contributed by atoms with van der Waals surface area (Å²) in [5.74, 6) is 0.252. The largest absolute Gasteiger partial charge is 0.507 e. The Hall–Kier alpha value is -1.42. The van der Waals surface area contributed by atoms with Gasteiger partial charge in [0.2, 0.25) is 0 Å². The van der Waals surface area contributed by atoms with Gasteiger partial charge in [-0.15, -0.1) is 0 Å². The highest BCUT2D eigenvalue weighted by atomic mass is 31.2. The predicted molar refractivity (Wildman–Crippen MR) is 106 cm³/mol. The van der Waals surface area contributed by atoms with Crippen molar-refractivity contribution in [1.29, 1.82) is 0 Å². The smallest absolute Gasteiger partial charge is 0.343 e. The molecule has 0 saturated heterocycles. The fraction of sp³-hybridized carbons (Fsp3) is 0.550. The first kappa shape index (κ1) is 22.6. The minimum absolute atomic E-state index is 0.148. The van der Waals surface area contributed by atoms with Gasteiger partial charge in [0.05, 0.1) is 0 Å². The van der Waals surface area contributed by atoms with Gasteiger partial charge in [-0.3, -0.25) is 9.36 Å². The predicted octanol–water partition coefficient (Wildman–Crippen LogP) is 5.49. The summed E-state index contributed by atoms with van der Waals surface area (Å²) >= 11 is 0. The molecular weight excluding hydrogens is 351 g/mol. The second kappa shape index (κ2) is 8.51. The minimum atomic E-state index is -3.56. The summed E-state index contributed by atoms with van der Waals surface area (Å²) in [6.07, 6.45) is 3.07. The molecule has 0 aliphatic rings. The molecule has 0 heterocycles. The molecule has 0 saturated carbocycles. The lowest BCUT2D eigenvalue weighted by Gasteiger charge is -2.28. The first-order chi connectivity index (χ1) is 11.9. The highest BCUT2D eigenvalue weighted by Crippen LogP contribution is 2.59. The number of benzene rings is 1. The SMILES string of the molecule is COP(=O)(OC)C(C)(C)C(=O)C=Cc1cc(C(C)C)c(O)c(C(C)C)c1. The number of allylic oxidation sites excluding steroid dienone is 1. The van der Waals surface area contributed by atoms with E-state index in [4.69, 9.17) is 9.05 Å². The Labute approximate surface area is 156 Å². The normalized spacial score (nSPS) is 13.2. The Bertz CT molecular complexity index is 695. The number of phenols is 1. The van der Waals surface area contributed by atoms with Crippen LogP contribution in [-0.2, 0) is 18.4 Å². The topological polar surface area (TPSA) is 72.8 Å². The zero-order chi connectivity index (χ0) is 20.3. The van der Waals surface area contributed by atoms with Crippen molar-refractivity contribution in [3.63, 3.8) is 0 Å². The number of rotatable bonds is 8. The van der Waals surface area contributed by atoms with Crippen molar-refractivity contribution < 1.29 is 23.5 Å². The third-order valence-electron chi connectivity index (χ3n) is 4.63. The van der Waals surface area contributed by atoms with Crippen LogP contribution in [0, 0.1) is 0 Å². The highest BCUT2D eigenvalue weighted by Gasteiger charge is 2.46. The number of hydrogen-bond acceptors (Lipinski definition) is 5. The summed E-state index contributed by atoms with van der Waals surface area (Å²) in [6, 6.07) is 3.74. The van der Waals surface area contributed by atoms with Crippen molar-refractivity contribution in [2.75, 3.05) is 14.2 Å². The summed E-state index contributed by atoms with van der Waals surface area (Å²) < 4.78 is 22.6. The summed E-state index contributed by atoms with van der Waals surface area (Å²) in [4.78, 5) is 12.6. The highest BCUT2D eigenvalue weighted by molar-refractivity contribution is 7.56. The van der Waals surface area contributed by atoms with Gasteiger partial charge < -0.3 is 14.2 Å². The van der Waals surface area contributed by atoms with Crippen LogP contribution in [0.2, 0.25) is 0 Å². The van der Waals surface area contributed by atoms with E-state index in [1.54, 1.807) is 19.9 Å². The van der Waals surface area contributed by atoms with Gasteiger partial charge in [-0.05, 0) is 60.6 Å². The minimum Gasteiger partial charge on any atom is -0.507 e. The van der Waals surface area contributed by atoms with Gasteiger partial charge in [0.15, 0.2) is 5.78 Å². The monoisotopic (exact) mass is 382 g/mol. The molecule has 1 N–H and O–H groups in total. The Balaban J connectivity index is 3.30. The Morgan fingerprint density at radius 1 is 1.08 bits per heavy atom. The summed E-state index contributed by atoms with van der Waals surface area (Å²) in [6.45, 7) is 11.1. The maximum atomic E-state index is 12.6. The molecule has 0 aliphatic carbocycles. The fourth-order valence-corrected chi connectivity index (χ4v) is 4.13. The molecule has 0 bridgehead atoms. The molecule has 0 fully saturated rings. The van der Waals surface area contributed by atoms with E-state index in [0.29, 0.717) is 5.75 Å². The van der Waals surface area contributed by atoms with Crippen molar-refractivity contribution in [3.05, 3.63) is 34.9 Å². The lowest BCUT2D eigenvalue weighted by molar-refractivity contribution is -0.116. The maximum absolute atomic E-state index is 12.6. The Morgan fingerprint density at radius 2 is 1.50 bits per heavy atom. The molecule has 146 valence electrons. The molecule has 1 rings (SSSR count). The third kappa shape index (κ3) is 4.46. The zero-order valence-corrected chi connectivity index (χ0v) is 17.9. The van der Waals surface area contributed by atoms with Gasteiger partial charge in [0.1, 0.15) is 10.9 Å². The molecule has 1 aromatic rings. The summed E-state index contributed by atoms with van der Waals surface area (Å²) in [5.41, 5.74) is 2.48. The fourth-order valence-electron chi connectivity index (χ4n) is 2.72. The second-order valence-electron chi connectivity index (χ2n) is 7.48. The lowest BCUT2D eigenvalue weighted by atomic mass is 9.91. The molecule has 0 spiro atoms. The lowest BCUT2D eigenvalue weighted by Crippen LogP contribution is -2.31. The van der Waals surface area contributed by atoms with Crippen molar-refractivity contribution >= 4 is 19.5 Å². The molecule has 0 radical (unpaired) electrons. The van der Waals surface area contributed by atoms with Crippen LogP contribution in [0.25, 0.3) is 6.08 Å². The van der Waals surface area contributed by atoms with Crippen LogP contribution < -0.4 is 0 Å². The van der Waals surface area contributed by atoms with Crippen molar-refractivity contribution in [2.24, 2.45) is 0 Å². The van der Waals surface area contributed by atoms with Crippen LogP contribution in [-0.4, -0.2) is 30.3 Å². The van der Waals surface area contributed by atoms with E-state index in [9.17, 15) is 14.5 Å². The Morgan fingerprint density at radius 3 is 1.85 bits per heavy atom. The van der Waals surface area contributed by atoms with Crippen LogP contribution in [0.15, 0.2) is 18.2 Å². The molecule has 0 unspecified atom stereocenters. The molecule has 26 heavy (non-hydrogen) atoms. The van der Waals surface area contributed by atoms with Crippen LogP contribution in [0.5, 0.6) is 5.75 Å². The first-order valence-electron chi connectivity index (χ1n) is 8.72. The van der Waals surface area contributed by atoms with Gasteiger partial charge in [-0.2, -0.15) is 0 Å². The number of ketones is 1. The van der Waals surface area contributed by atoms with Crippen molar-refractivity contribution in [3.8, 4) is 5.75 Å². The molecule has 6 heteroatoms. The van der Waals surface area contributed by atoms with Gasteiger partial charge in [-0.1, -0.05) is 33.8 Å². The van der Waals surface area contributed by atoms with Gasteiger partial charge >= 0.3 is 7.60 Å². The number of phenolic OH excluding ortho intramolecular Hbond substituents is 1. The van der Waals surface area contributed by atoms with Gasteiger partial charge in [0, 0.05) is 14.2 Å². The summed E-state index contributed by atoms with van der Waals surface area (Å²) in [5, 5.41) is 9.17. The number of carbonyl (C=O) groups is 1.